The lowest BCUT2D eigenvalue weighted by molar-refractivity contribution is -0.284. The van der Waals surface area contributed by atoms with E-state index in [4.69, 9.17) is 9.47 Å². The molecule has 0 amide bonds. The van der Waals surface area contributed by atoms with Crippen molar-refractivity contribution >= 4 is 5.91 Å². The van der Waals surface area contributed by atoms with E-state index in [1.54, 1.807) is 34.9 Å². The fraction of sp³-hybridized carbons (Fsp3) is 0.500. The van der Waals surface area contributed by atoms with Gasteiger partial charge < -0.3 is 9.47 Å². The number of nitrogens with zero attached hydrogens (tertiary/aromatic N) is 2. The third-order valence-corrected chi connectivity index (χ3v) is 5.70. The molecular weight excluding hydrogens is 372 g/mol. The van der Waals surface area contributed by atoms with E-state index < -0.39 is 28.4 Å². The van der Waals surface area contributed by atoms with Gasteiger partial charge in [0, 0.05) is 28.8 Å². The van der Waals surface area contributed by atoms with E-state index >= 15 is 0 Å². The summed E-state index contributed by atoms with van der Waals surface area (Å²) < 4.78 is 14.0. The lowest BCUT2D eigenvalue weighted by Gasteiger charge is -2.41. The first-order chi connectivity index (χ1) is 13.7. The summed E-state index contributed by atoms with van der Waals surface area (Å²) in [5.74, 6) is -1.25. The number of carbonyl (C=O) groups excluding carboxylic acids is 1. The second kappa shape index (κ2) is 7.07. The van der Waals surface area contributed by atoms with Crippen LogP contribution in [0.4, 0.5) is 0 Å². The van der Waals surface area contributed by atoms with Gasteiger partial charge in [-0.15, -0.1) is 0 Å². The highest BCUT2D eigenvalue weighted by Crippen LogP contribution is 2.31. The summed E-state index contributed by atoms with van der Waals surface area (Å²) in [6, 6.07) is 8.43. The van der Waals surface area contributed by atoms with Crippen molar-refractivity contribution in [3.63, 3.8) is 0 Å². The molecule has 29 heavy (non-hydrogen) atoms. The molecule has 4 rings (SSSR count). The molecule has 0 saturated carbocycles. The van der Waals surface area contributed by atoms with E-state index in [9.17, 15) is 14.4 Å². The summed E-state index contributed by atoms with van der Waals surface area (Å²) in [6.45, 7) is 6.88. The van der Waals surface area contributed by atoms with Crippen molar-refractivity contribution in [2.45, 2.75) is 52.4 Å². The molecule has 7 heteroatoms. The lowest BCUT2D eigenvalue weighted by Crippen LogP contribution is -2.51. The van der Waals surface area contributed by atoms with Crippen molar-refractivity contribution in [2.24, 2.45) is 5.41 Å². The molecule has 2 aliphatic rings. The van der Waals surface area contributed by atoms with Gasteiger partial charge in [-0.3, -0.25) is 14.2 Å². The normalized spacial score (nSPS) is 19.7. The molecule has 0 spiro atoms. The van der Waals surface area contributed by atoms with Gasteiger partial charge in [-0.25, -0.2) is 4.79 Å². The van der Waals surface area contributed by atoms with Crippen LogP contribution in [0, 0.1) is 5.41 Å². The molecule has 1 aliphatic carbocycles. The number of hydrogen-bond acceptors (Lipinski definition) is 5. The van der Waals surface area contributed by atoms with E-state index in [-0.39, 0.29) is 0 Å². The quantitative estimate of drug-likeness (QED) is 0.790. The van der Waals surface area contributed by atoms with Crippen LogP contribution in [0.5, 0.6) is 0 Å². The Bertz CT molecular complexity index is 1060. The summed E-state index contributed by atoms with van der Waals surface area (Å²) in [6.07, 6.45) is 2.03. The van der Waals surface area contributed by atoms with Crippen LogP contribution in [-0.2, 0) is 28.9 Å². The highest BCUT2D eigenvalue weighted by atomic mass is 16.7. The molecule has 1 fully saturated rings. The molecule has 1 aromatic heterocycles. The molecule has 2 heterocycles. The average molecular weight is 398 g/mol. The first kappa shape index (κ1) is 19.8. The fourth-order valence-corrected chi connectivity index (χ4v) is 4.02. The number of fused-ring (bicyclic) bond motifs is 1. The maximum atomic E-state index is 13.3. The van der Waals surface area contributed by atoms with Gasteiger partial charge in [-0.1, -0.05) is 25.1 Å². The van der Waals surface area contributed by atoms with E-state index in [1.807, 2.05) is 20.8 Å². The Morgan fingerprint density at radius 3 is 2.34 bits per heavy atom. The second-order valence-electron chi connectivity index (χ2n) is 8.75. The van der Waals surface area contributed by atoms with E-state index in [0.717, 1.165) is 16.7 Å². The third-order valence-electron chi connectivity index (χ3n) is 5.70. The fourth-order valence-electron chi connectivity index (χ4n) is 4.02. The zero-order valence-electron chi connectivity index (χ0n) is 17.1. The van der Waals surface area contributed by atoms with Gasteiger partial charge in [0.05, 0.1) is 13.2 Å². The van der Waals surface area contributed by atoms with Crippen LogP contribution in [0.3, 0.4) is 0 Å². The Hall–Kier alpha value is -2.51. The molecule has 0 N–H and O–H groups in total. The number of aromatic nitrogens is 2. The topological polar surface area (TPSA) is 79.5 Å². The van der Waals surface area contributed by atoms with Crippen LogP contribution in [0.25, 0.3) is 0 Å². The smallest absolute Gasteiger partial charge is 0.338 e. The number of rotatable bonds is 3. The van der Waals surface area contributed by atoms with Gasteiger partial charge in [0.25, 0.3) is 11.5 Å². The van der Waals surface area contributed by atoms with Crippen LogP contribution < -0.4 is 11.2 Å². The van der Waals surface area contributed by atoms with Crippen LogP contribution in [-0.4, -0.2) is 34.0 Å². The second-order valence-corrected chi connectivity index (χ2v) is 8.75. The van der Waals surface area contributed by atoms with E-state index in [0.29, 0.717) is 43.7 Å². The van der Waals surface area contributed by atoms with Crippen molar-refractivity contribution in [3.05, 3.63) is 68.0 Å². The van der Waals surface area contributed by atoms with E-state index in [1.165, 1.54) is 0 Å². The minimum absolute atomic E-state index is 0.313. The molecule has 1 aliphatic heterocycles. The standard InChI is InChI=1S/C22H26N2O5/c1-21(2)28-13-22(3,14-29-21)12-23-17-11-7-10-16(17)19(26)24(20(23)27)18(25)15-8-5-4-6-9-15/h4-6,8-9H,7,10-14H2,1-3H3. The minimum atomic E-state index is -0.658. The average Bonchev–Trinajstić information content (AvgIpc) is 3.19. The SMILES string of the molecule is CC1(Cn2c3c(c(=O)n(C(=O)c4ccccc4)c2=O)CCC3)COC(C)(C)OC1. The maximum absolute atomic E-state index is 13.3. The van der Waals surface area contributed by atoms with Gasteiger partial charge >= 0.3 is 5.69 Å². The summed E-state index contributed by atoms with van der Waals surface area (Å²) in [5, 5.41) is 0. The van der Waals surface area contributed by atoms with Gasteiger partial charge in [0.1, 0.15) is 0 Å². The lowest BCUT2D eigenvalue weighted by atomic mass is 9.91. The first-order valence-corrected chi connectivity index (χ1v) is 9.96. The highest BCUT2D eigenvalue weighted by Gasteiger charge is 2.38. The molecule has 0 unspecified atom stereocenters. The van der Waals surface area contributed by atoms with Gasteiger partial charge in [0.2, 0.25) is 0 Å². The van der Waals surface area contributed by atoms with Crippen molar-refractivity contribution in [2.75, 3.05) is 13.2 Å². The van der Waals surface area contributed by atoms with Crippen LogP contribution in [0.2, 0.25) is 0 Å². The third kappa shape index (κ3) is 3.60. The monoisotopic (exact) mass is 398 g/mol. The summed E-state index contributed by atoms with van der Waals surface area (Å²) in [5.41, 5.74) is 0.103. The Labute approximate surface area is 168 Å². The summed E-state index contributed by atoms with van der Waals surface area (Å²) in [7, 11) is 0. The van der Waals surface area contributed by atoms with Crippen molar-refractivity contribution in [3.8, 4) is 0 Å². The predicted molar refractivity (Wildman–Crippen MR) is 107 cm³/mol. The number of carbonyl (C=O) groups is 1. The van der Waals surface area contributed by atoms with Gasteiger partial charge in [-0.2, -0.15) is 4.57 Å². The molecule has 7 nitrogen and oxygen atoms in total. The number of ether oxygens (including phenoxy) is 2. The molecule has 0 radical (unpaired) electrons. The van der Waals surface area contributed by atoms with Crippen LogP contribution in [0.1, 0.15) is 48.8 Å². The van der Waals surface area contributed by atoms with E-state index in [2.05, 4.69) is 0 Å². The van der Waals surface area contributed by atoms with Crippen molar-refractivity contribution < 1.29 is 14.3 Å². The zero-order valence-corrected chi connectivity index (χ0v) is 17.1. The van der Waals surface area contributed by atoms with Crippen LogP contribution in [0.15, 0.2) is 39.9 Å². The zero-order chi connectivity index (χ0) is 20.8. The Morgan fingerprint density at radius 1 is 1.03 bits per heavy atom. The molecule has 154 valence electrons. The highest BCUT2D eigenvalue weighted by molar-refractivity contribution is 5.95. The number of benzene rings is 1. The predicted octanol–water partition coefficient (Wildman–Crippen LogP) is 1.98. The largest absolute Gasteiger partial charge is 0.350 e. The minimum Gasteiger partial charge on any atom is -0.350 e. The number of hydrogen-bond donors (Lipinski definition) is 0. The molecule has 0 bridgehead atoms. The molecule has 1 aromatic carbocycles. The van der Waals surface area contributed by atoms with Crippen molar-refractivity contribution in [1.29, 1.82) is 0 Å². The first-order valence-electron chi connectivity index (χ1n) is 9.96. The molecule has 1 saturated heterocycles. The maximum Gasteiger partial charge on any atom is 0.338 e. The van der Waals surface area contributed by atoms with Gasteiger partial charge in [0.15, 0.2) is 5.79 Å². The molecule has 0 atom stereocenters. The Kier molecular flexibility index (Phi) is 4.83. The Balaban J connectivity index is 1.79. The summed E-state index contributed by atoms with van der Waals surface area (Å²) >= 11 is 0. The van der Waals surface area contributed by atoms with Gasteiger partial charge in [-0.05, 0) is 45.2 Å². The summed E-state index contributed by atoms with van der Waals surface area (Å²) in [4.78, 5) is 39.3. The Morgan fingerprint density at radius 2 is 1.69 bits per heavy atom. The molecule has 2 aromatic rings. The van der Waals surface area contributed by atoms with Crippen molar-refractivity contribution in [1.82, 2.24) is 9.13 Å². The van der Waals surface area contributed by atoms with Crippen LogP contribution >= 0.6 is 0 Å². The molecular formula is C22H26N2O5.